The molecule has 0 aromatic heterocycles. The Morgan fingerprint density at radius 1 is 1.04 bits per heavy atom. The molecular formula is C17H20N2O3S. The Hall–Kier alpha value is -2.34. The molecule has 0 radical (unpaired) electrons. The van der Waals surface area contributed by atoms with Crippen molar-refractivity contribution in [3.63, 3.8) is 0 Å². The van der Waals surface area contributed by atoms with E-state index in [4.69, 9.17) is 5.73 Å². The van der Waals surface area contributed by atoms with Crippen molar-refractivity contribution in [3.8, 4) is 0 Å². The average molecular weight is 332 g/mol. The van der Waals surface area contributed by atoms with Crippen molar-refractivity contribution in [1.82, 2.24) is 0 Å². The molecule has 0 fully saturated rings. The summed E-state index contributed by atoms with van der Waals surface area (Å²) in [4.78, 5) is 11.8. The lowest BCUT2D eigenvalue weighted by molar-refractivity contribution is 0.100. The van der Waals surface area contributed by atoms with Gasteiger partial charge in [-0.2, -0.15) is 0 Å². The summed E-state index contributed by atoms with van der Waals surface area (Å²) < 4.78 is 27.2. The van der Waals surface area contributed by atoms with Crippen LogP contribution in [-0.2, 0) is 10.0 Å². The highest BCUT2D eigenvalue weighted by molar-refractivity contribution is 7.93. The lowest BCUT2D eigenvalue weighted by atomic mass is 10.1. The van der Waals surface area contributed by atoms with E-state index in [-0.39, 0.29) is 16.1 Å². The monoisotopic (exact) mass is 332 g/mol. The maximum absolute atomic E-state index is 13.0. The van der Waals surface area contributed by atoms with E-state index in [1.54, 1.807) is 32.0 Å². The first-order valence-electron chi connectivity index (χ1n) is 7.12. The second kappa shape index (κ2) is 6.04. The van der Waals surface area contributed by atoms with Gasteiger partial charge in [0.05, 0.1) is 16.1 Å². The van der Waals surface area contributed by atoms with Crippen LogP contribution in [-0.4, -0.2) is 21.4 Å². The molecule has 5 nitrogen and oxygen atoms in total. The van der Waals surface area contributed by atoms with Crippen molar-refractivity contribution in [2.45, 2.75) is 25.7 Å². The van der Waals surface area contributed by atoms with Gasteiger partial charge in [-0.25, -0.2) is 8.42 Å². The molecule has 0 saturated heterocycles. The number of hydrogen-bond donors (Lipinski definition) is 1. The summed E-state index contributed by atoms with van der Waals surface area (Å²) in [5.41, 5.74) is 8.13. The number of benzene rings is 2. The standard InChI is InChI=1S/C17H20N2O3S/c1-11-9-12(2)16(13(3)10-11)23(21,22)19(4)15-8-6-5-7-14(15)17(18)20/h5-10H,1-4H3,(H2,18,20). The zero-order chi connectivity index (χ0) is 17.4. The van der Waals surface area contributed by atoms with Gasteiger partial charge in [0.2, 0.25) is 0 Å². The molecule has 23 heavy (non-hydrogen) atoms. The Morgan fingerprint density at radius 2 is 1.57 bits per heavy atom. The summed E-state index contributed by atoms with van der Waals surface area (Å²) in [6, 6.07) is 10.0. The quantitative estimate of drug-likeness (QED) is 0.934. The van der Waals surface area contributed by atoms with E-state index in [0.717, 1.165) is 9.87 Å². The predicted octanol–water partition coefficient (Wildman–Crippen LogP) is 2.54. The molecule has 0 aliphatic carbocycles. The van der Waals surface area contributed by atoms with Crippen LogP contribution in [0.5, 0.6) is 0 Å². The van der Waals surface area contributed by atoms with Crippen LogP contribution < -0.4 is 10.0 Å². The van der Waals surface area contributed by atoms with Gasteiger partial charge in [-0.3, -0.25) is 9.10 Å². The molecule has 0 bridgehead atoms. The highest BCUT2D eigenvalue weighted by Crippen LogP contribution is 2.29. The van der Waals surface area contributed by atoms with Crippen LogP contribution in [0.25, 0.3) is 0 Å². The second-order valence-electron chi connectivity index (χ2n) is 5.58. The molecule has 122 valence electrons. The van der Waals surface area contributed by atoms with Crippen LogP contribution in [0.3, 0.4) is 0 Å². The highest BCUT2D eigenvalue weighted by atomic mass is 32.2. The number of anilines is 1. The Kier molecular flexibility index (Phi) is 4.47. The van der Waals surface area contributed by atoms with Crippen molar-refractivity contribution in [2.24, 2.45) is 5.73 Å². The van der Waals surface area contributed by atoms with E-state index in [0.29, 0.717) is 11.1 Å². The van der Waals surface area contributed by atoms with Crippen LogP contribution >= 0.6 is 0 Å². The molecule has 2 rings (SSSR count). The van der Waals surface area contributed by atoms with Gasteiger partial charge in [0.1, 0.15) is 0 Å². The molecule has 0 saturated carbocycles. The molecule has 1 amide bonds. The van der Waals surface area contributed by atoms with Crippen molar-refractivity contribution >= 4 is 21.6 Å². The minimum Gasteiger partial charge on any atom is -0.366 e. The molecule has 2 N–H and O–H groups in total. The topological polar surface area (TPSA) is 80.5 Å². The number of aryl methyl sites for hydroxylation is 3. The normalized spacial score (nSPS) is 11.3. The van der Waals surface area contributed by atoms with Gasteiger partial charge >= 0.3 is 0 Å². The first-order valence-corrected chi connectivity index (χ1v) is 8.56. The molecule has 6 heteroatoms. The number of rotatable bonds is 4. The molecular weight excluding hydrogens is 312 g/mol. The number of nitrogens with zero attached hydrogens (tertiary/aromatic N) is 1. The van der Waals surface area contributed by atoms with E-state index in [9.17, 15) is 13.2 Å². The van der Waals surface area contributed by atoms with Gasteiger partial charge in [0, 0.05) is 7.05 Å². The van der Waals surface area contributed by atoms with E-state index < -0.39 is 15.9 Å². The summed E-state index contributed by atoms with van der Waals surface area (Å²) in [5, 5.41) is 0. The second-order valence-corrected chi connectivity index (χ2v) is 7.49. The van der Waals surface area contributed by atoms with Crippen LogP contribution in [0, 0.1) is 20.8 Å². The molecule has 0 spiro atoms. The van der Waals surface area contributed by atoms with E-state index in [1.165, 1.54) is 13.1 Å². The number of amides is 1. The van der Waals surface area contributed by atoms with Gasteiger partial charge in [0.15, 0.2) is 0 Å². The lowest BCUT2D eigenvalue weighted by Gasteiger charge is -2.23. The van der Waals surface area contributed by atoms with Crippen molar-refractivity contribution < 1.29 is 13.2 Å². The van der Waals surface area contributed by atoms with E-state index >= 15 is 0 Å². The fourth-order valence-electron chi connectivity index (χ4n) is 2.80. The number of sulfonamides is 1. The molecule has 2 aromatic carbocycles. The molecule has 2 aromatic rings. The zero-order valence-electron chi connectivity index (χ0n) is 13.6. The number of carbonyl (C=O) groups excluding carboxylic acids is 1. The van der Waals surface area contributed by atoms with Gasteiger partial charge in [-0.05, 0) is 44.0 Å². The van der Waals surface area contributed by atoms with Crippen molar-refractivity contribution in [2.75, 3.05) is 11.4 Å². The van der Waals surface area contributed by atoms with Gasteiger partial charge in [-0.1, -0.05) is 29.8 Å². The van der Waals surface area contributed by atoms with E-state index in [1.807, 2.05) is 19.1 Å². The molecule has 0 heterocycles. The van der Waals surface area contributed by atoms with Crippen LogP contribution in [0.2, 0.25) is 0 Å². The average Bonchev–Trinajstić information content (AvgIpc) is 2.44. The first-order chi connectivity index (χ1) is 10.7. The Morgan fingerprint density at radius 3 is 2.09 bits per heavy atom. The van der Waals surface area contributed by atoms with Crippen LogP contribution in [0.4, 0.5) is 5.69 Å². The minimum absolute atomic E-state index is 0.168. The SMILES string of the molecule is Cc1cc(C)c(S(=O)(=O)N(C)c2ccccc2C(N)=O)c(C)c1. The van der Waals surface area contributed by atoms with Gasteiger partial charge in [0.25, 0.3) is 15.9 Å². The highest BCUT2D eigenvalue weighted by Gasteiger charge is 2.27. The number of hydrogen-bond acceptors (Lipinski definition) is 3. The Labute approximate surface area is 136 Å². The maximum atomic E-state index is 13.0. The van der Waals surface area contributed by atoms with Gasteiger partial charge in [-0.15, -0.1) is 0 Å². The predicted molar refractivity (Wildman–Crippen MR) is 91.2 cm³/mol. The summed E-state index contributed by atoms with van der Waals surface area (Å²) in [5.74, 6) is -0.667. The number of primary amides is 1. The number of para-hydroxylation sites is 1. The third-order valence-electron chi connectivity index (χ3n) is 3.73. The van der Waals surface area contributed by atoms with Crippen molar-refractivity contribution in [1.29, 1.82) is 0 Å². The van der Waals surface area contributed by atoms with E-state index in [2.05, 4.69) is 0 Å². The fourth-order valence-corrected chi connectivity index (χ4v) is 4.42. The molecule has 0 atom stereocenters. The summed E-state index contributed by atoms with van der Waals surface area (Å²) in [6.07, 6.45) is 0. The molecule has 0 unspecified atom stereocenters. The Bertz CT molecular complexity index is 850. The third-order valence-corrected chi connectivity index (χ3v) is 5.81. The summed E-state index contributed by atoms with van der Waals surface area (Å²) in [7, 11) is -2.37. The van der Waals surface area contributed by atoms with Crippen LogP contribution in [0.1, 0.15) is 27.0 Å². The summed E-state index contributed by atoms with van der Waals surface area (Å²) >= 11 is 0. The fraction of sp³-hybridized carbons (Fsp3) is 0.235. The molecule has 0 aliphatic heterocycles. The number of carbonyl (C=O) groups is 1. The minimum atomic E-state index is -3.80. The number of nitrogens with two attached hydrogens (primary N) is 1. The van der Waals surface area contributed by atoms with Gasteiger partial charge < -0.3 is 5.73 Å². The smallest absolute Gasteiger partial charge is 0.264 e. The largest absolute Gasteiger partial charge is 0.366 e. The zero-order valence-corrected chi connectivity index (χ0v) is 14.4. The van der Waals surface area contributed by atoms with Crippen molar-refractivity contribution in [3.05, 3.63) is 58.7 Å². The summed E-state index contributed by atoms with van der Waals surface area (Å²) in [6.45, 7) is 5.45. The molecule has 0 aliphatic rings. The third kappa shape index (κ3) is 3.07. The Balaban J connectivity index is 2.64. The van der Waals surface area contributed by atoms with Crippen LogP contribution in [0.15, 0.2) is 41.3 Å². The maximum Gasteiger partial charge on any atom is 0.264 e. The lowest BCUT2D eigenvalue weighted by Crippen LogP contribution is -2.30. The first kappa shape index (κ1) is 17.0.